The van der Waals surface area contributed by atoms with Crippen LogP contribution >= 0.6 is 0 Å². The predicted octanol–water partition coefficient (Wildman–Crippen LogP) is -0.873. The van der Waals surface area contributed by atoms with Gasteiger partial charge in [-0.25, -0.2) is 0 Å². The number of piperidine rings is 1. The van der Waals surface area contributed by atoms with Gasteiger partial charge in [0.1, 0.15) is 0 Å². The summed E-state index contributed by atoms with van der Waals surface area (Å²) in [6.45, 7) is 3.79. The van der Waals surface area contributed by atoms with Crippen molar-refractivity contribution in [3.8, 4) is 0 Å². The number of rotatable bonds is 4. The monoisotopic (exact) mass is 316 g/mol. The van der Waals surface area contributed by atoms with Crippen molar-refractivity contribution in [3.05, 3.63) is 0 Å². The molecule has 21 heavy (non-hydrogen) atoms. The minimum absolute atomic E-state index is 0.0480. The Morgan fingerprint density at radius 2 is 1.62 bits per heavy atom. The average molecular weight is 316 g/mol. The van der Waals surface area contributed by atoms with Crippen molar-refractivity contribution in [3.63, 3.8) is 0 Å². The second-order valence-electron chi connectivity index (χ2n) is 6.15. The highest BCUT2D eigenvalue weighted by molar-refractivity contribution is 7.87. The standard InChI is InChI=1S/C13H24N4O3S/c18-13(11-1-2-11)16-7-3-12(4-8-16)15-21(19,20)17-9-5-14-6-10-17/h11-12,14-15H,1-10H2. The number of carbonyl (C=O) groups excluding carboxylic acids is 1. The SMILES string of the molecule is O=C(C1CC1)N1CCC(NS(=O)(=O)N2CCNCC2)CC1. The molecule has 2 aliphatic heterocycles. The van der Waals surface area contributed by atoms with E-state index in [0.29, 0.717) is 52.1 Å². The molecule has 0 bridgehead atoms. The molecular formula is C13H24N4O3S. The summed E-state index contributed by atoms with van der Waals surface area (Å²) in [4.78, 5) is 13.9. The molecule has 7 nitrogen and oxygen atoms in total. The Balaban J connectivity index is 1.49. The van der Waals surface area contributed by atoms with E-state index in [9.17, 15) is 13.2 Å². The lowest BCUT2D eigenvalue weighted by molar-refractivity contribution is -0.133. The number of nitrogens with zero attached hydrogens (tertiary/aromatic N) is 2. The number of hydrogen-bond donors (Lipinski definition) is 2. The summed E-state index contributed by atoms with van der Waals surface area (Å²) >= 11 is 0. The topological polar surface area (TPSA) is 81.8 Å². The van der Waals surface area contributed by atoms with Gasteiger partial charge in [0, 0.05) is 51.2 Å². The molecule has 0 aromatic rings. The molecule has 1 saturated carbocycles. The number of amides is 1. The lowest BCUT2D eigenvalue weighted by Crippen LogP contribution is -2.54. The van der Waals surface area contributed by atoms with Gasteiger partial charge in [-0.2, -0.15) is 17.4 Å². The van der Waals surface area contributed by atoms with Crippen molar-refractivity contribution in [2.75, 3.05) is 39.3 Å². The van der Waals surface area contributed by atoms with Crippen LogP contribution in [0.5, 0.6) is 0 Å². The van der Waals surface area contributed by atoms with Gasteiger partial charge in [-0.05, 0) is 25.7 Å². The summed E-state index contributed by atoms with van der Waals surface area (Å²) in [6, 6.07) is -0.0480. The Kier molecular flexibility index (Phi) is 4.49. The molecule has 1 aliphatic carbocycles. The lowest BCUT2D eigenvalue weighted by atomic mass is 10.1. The summed E-state index contributed by atoms with van der Waals surface area (Å²) in [5.74, 6) is 0.512. The summed E-state index contributed by atoms with van der Waals surface area (Å²) in [7, 11) is -3.38. The van der Waals surface area contributed by atoms with E-state index < -0.39 is 10.2 Å². The van der Waals surface area contributed by atoms with Crippen LogP contribution in [0.15, 0.2) is 0 Å². The first-order valence-corrected chi connectivity index (χ1v) is 9.27. The van der Waals surface area contributed by atoms with Crippen molar-refractivity contribution in [2.24, 2.45) is 5.92 Å². The summed E-state index contributed by atoms with van der Waals surface area (Å²) < 4.78 is 28.9. The maximum atomic E-state index is 12.3. The number of hydrogen-bond acceptors (Lipinski definition) is 4. The first kappa shape index (κ1) is 15.2. The third-order valence-electron chi connectivity index (χ3n) is 4.46. The van der Waals surface area contributed by atoms with E-state index in [1.165, 1.54) is 4.31 Å². The van der Waals surface area contributed by atoms with Gasteiger partial charge in [0.15, 0.2) is 0 Å². The van der Waals surface area contributed by atoms with Crippen LogP contribution in [0.1, 0.15) is 25.7 Å². The third kappa shape index (κ3) is 3.74. The van der Waals surface area contributed by atoms with Crippen molar-refractivity contribution >= 4 is 16.1 Å². The second kappa shape index (κ2) is 6.20. The van der Waals surface area contributed by atoms with Gasteiger partial charge in [-0.1, -0.05) is 0 Å². The summed E-state index contributed by atoms with van der Waals surface area (Å²) in [6.07, 6.45) is 3.47. The molecule has 0 unspecified atom stereocenters. The summed E-state index contributed by atoms with van der Waals surface area (Å²) in [5.41, 5.74) is 0. The molecule has 0 aromatic heterocycles. The Morgan fingerprint density at radius 1 is 1.00 bits per heavy atom. The smallest absolute Gasteiger partial charge is 0.279 e. The average Bonchev–Trinajstić information content (AvgIpc) is 3.33. The molecular weight excluding hydrogens is 292 g/mol. The Bertz CT molecular complexity index is 478. The number of piperazine rings is 1. The van der Waals surface area contributed by atoms with Crippen LogP contribution in [0, 0.1) is 5.92 Å². The molecule has 3 rings (SSSR count). The number of likely N-dealkylation sites (tertiary alicyclic amines) is 1. The molecule has 120 valence electrons. The van der Waals surface area contributed by atoms with Crippen LogP contribution in [-0.2, 0) is 15.0 Å². The van der Waals surface area contributed by atoms with Crippen molar-refractivity contribution in [2.45, 2.75) is 31.7 Å². The van der Waals surface area contributed by atoms with E-state index >= 15 is 0 Å². The van der Waals surface area contributed by atoms with Crippen LogP contribution in [0.4, 0.5) is 0 Å². The normalized spacial score (nSPS) is 26.0. The first-order valence-electron chi connectivity index (χ1n) is 7.83. The predicted molar refractivity (Wildman–Crippen MR) is 78.8 cm³/mol. The zero-order valence-electron chi connectivity index (χ0n) is 12.3. The van der Waals surface area contributed by atoms with Crippen LogP contribution in [0.3, 0.4) is 0 Å². The minimum Gasteiger partial charge on any atom is -0.342 e. The fourth-order valence-corrected chi connectivity index (χ4v) is 4.45. The van der Waals surface area contributed by atoms with E-state index in [-0.39, 0.29) is 17.9 Å². The minimum atomic E-state index is -3.38. The molecule has 2 N–H and O–H groups in total. The van der Waals surface area contributed by atoms with Crippen molar-refractivity contribution < 1.29 is 13.2 Å². The molecule has 2 saturated heterocycles. The van der Waals surface area contributed by atoms with E-state index in [2.05, 4.69) is 10.0 Å². The molecule has 3 fully saturated rings. The fourth-order valence-electron chi connectivity index (χ4n) is 2.98. The molecule has 0 spiro atoms. The highest BCUT2D eigenvalue weighted by Gasteiger charge is 2.36. The van der Waals surface area contributed by atoms with Crippen LogP contribution in [0.25, 0.3) is 0 Å². The van der Waals surface area contributed by atoms with Gasteiger partial charge >= 0.3 is 0 Å². The maximum Gasteiger partial charge on any atom is 0.279 e. The molecule has 8 heteroatoms. The van der Waals surface area contributed by atoms with Gasteiger partial charge in [0.25, 0.3) is 10.2 Å². The first-order chi connectivity index (χ1) is 10.1. The molecule has 1 amide bonds. The van der Waals surface area contributed by atoms with Crippen molar-refractivity contribution in [1.29, 1.82) is 0 Å². The van der Waals surface area contributed by atoms with Gasteiger partial charge < -0.3 is 10.2 Å². The van der Waals surface area contributed by atoms with Gasteiger partial charge in [-0.3, -0.25) is 4.79 Å². The fraction of sp³-hybridized carbons (Fsp3) is 0.923. The highest BCUT2D eigenvalue weighted by atomic mass is 32.2. The lowest BCUT2D eigenvalue weighted by Gasteiger charge is -2.34. The zero-order chi connectivity index (χ0) is 14.9. The molecule has 0 aromatic carbocycles. The molecule has 0 radical (unpaired) electrons. The molecule has 2 heterocycles. The van der Waals surface area contributed by atoms with E-state index in [1.807, 2.05) is 4.90 Å². The summed E-state index contributed by atoms with van der Waals surface area (Å²) in [5, 5.41) is 3.15. The largest absolute Gasteiger partial charge is 0.342 e. The molecule has 0 atom stereocenters. The van der Waals surface area contributed by atoms with Crippen LogP contribution in [-0.4, -0.2) is 68.8 Å². The van der Waals surface area contributed by atoms with Gasteiger partial charge in [0.05, 0.1) is 0 Å². The van der Waals surface area contributed by atoms with E-state index in [4.69, 9.17) is 0 Å². The zero-order valence-corrected chi connectivity index (χ0v) is 13.1. The van der Waals surface area contributed by atoms with Crippen LogP contribution in [0.2, 0.25) is 0 Å². The Hall–Kier alpha value is -0.700. The van der Waals surface area contributed by atoms with Gasteiger partial charge in [0.2, 0.25) is 5.91 Å². The van der Waals surface area contributed by atoms with E-state index in [1.54, 1.807) is 0 Å². The van der Waals surface area contributed by atoms with E-state index in [0.717, 1.165) is 12.8 Å². The Morgan fingerprint density at radius 3 is 2.19 bits per heavy atom. The quantitative estimate of drug-likeness (QED) is 0.706. The Labute approximate surface area is 126 Å². The third-order valence-corrected chi connectivity index (χ3v) is 6.14. The highest BCUT2D eigenvalue weighted by Crippen LogP contribution is 2.31. The van der Waals surface area contributed by atoms with Crippen LogP contribution < -0.4 is 10.0 Å². The van der Waals surface area contributed by atoms with Gasteiger partial charge in [-0.15, -0.1) is 0 Å². The van der Waals surface area contributed by atoms with Crippen molar-refractivity contribution in [1.82, 2.24) is 19.2 Å². The molecule has 3 aliphatic rings. The number of carbonyl (C=O) groups is 1. The number of nitrogens with one attached hydrogen (secondary N) is 2. The maximum absolute atomic E-state index is 12.3. The second-order valence-corrected chi connectivity index (χ2v) is 7.85.